The Bertz CT molecular complexity index is 411. The maximum Gasteiger partial charge on any atom is 0.142 e. The first-order valence-electron chi connectivity index (χ1n) is 6.70. The Balaban J connectivity index is 1.62. The summed E-state index contributed by atoms with van der Waals surface area (Å²) in [7, 11) is 0. The van der Waals surface area contributed by atoms with E-state index in [1.807, 2.05) is 25.3 Å². The molecule has 2 aliphatic rings. The molecule has 1 aromatic heterocycles. The van der Waals surface area contributed by atoms with E-state index in [1.54, 1.807) is 0 Å². The van der Waals surface area contributed by atoms with Crippen molar-refractivity contribution in [3.8, 4) is 0 Å². The minimum atomic E-state index is 0.376. The van der Waals surface area contributed by atoms with Gasteiger partial charge in [0.2, 0.25) is 0 Å². The van der Waals surface area contributed by atoms with Crippen LogP contribution in [0.15, 0.2) is 18.3 Å². The van der Waals surface area contributed by atoms with Crippen LogP contribution in [0, 0.1) is 24.7 Å². The fraction of sp³-hybridized carbons (Fsp3) is 0.600. The topological polar surface area (TPSA) is 30.0 Å². The Morgan fingerprint density at radius 1 is 1.29 bits per heavy atom. The normalized spacial score (nSPS) is 30.8. The molecule has 0 bridgehead atoms. The van der Waals surface area contributed by atoms with Gasteiger partial charge in [0.1, 0.15) is 5.78 Å². The van der Waals surface area contributed by atoms with Crippen molar-refractivity contribution in [1.82, 2.24) is 4.98 Å². The summed E-state index contributed by atoms with van der Waals surface area (Å²) in [6, 6.07) is 4.02. The third kappa shape index (κ3) is 2.13. The number of aromatic nitrogens is 1. The Kier molecular flexibility index (Phi) is 2.73. The molecule has 90 valence electrons. The molecule has 0 amide bonds. The number of ketones is 1. The molecule has 17 heavy (non-hydrogen) atoms. The van der Waals surface area contributed by atoms with Crippen LogP contribution < -0.4 is 0 Å². The lowest BCUT2D eigenvalue weighted by Gasteiger charge is -2.04. The van der Waals surface area contributed by atoms with E-state index < -0.39 is 0 Å². The molecule has 1 aromatic rings. The average molecular weight is 229 g/mol. The van der Waals surface area contributed by atoms with Crippen LogP contribution in [-0.2, 0) is 11.2 Å². The van der Waals surface area contributed by atoms with Crippen LogP contribution in [0.2, 0.25) is 0 Å². The van der Waals surface area contributed by atoms with Gasteiger partial charge in [0.15, 0.2) is 0 Å². The van der Waals surface area contributed by atoms with Crippen molar-refractivity contribution in [3.63, 3.8) is 0 Å². The Morgan fingerprint density at radius 2 is 2.00 bits per heavy atom. The summed E-state index contributed by atoms with van der Waals surface area (Å²) in [5, 5.41) is 0. The van der Waals surface area contributed by atoms with Crippen LogP contribution in [0.3, 0.4) is 0 Å². The number of fused-ring (bicyclic) bond motifs is 1. The van der Waals surface area contributed by atoms with Gasteiger partial charge in [-0.05, 0) is 43.2 Å². The molecule has 2 saturated carbocycles. The van der Waals surface area contributed by atoms with E-state index >= 15 is 0 Å². The Morgan fingerprint density at radius 3 is 2.59 bits per heavy atom. The van der Waals surface area contributed by atoms with Crippen LogP contribution >= 0.6 is 0 Å². The number of aryl methyl sites for hydroxylation is 1. The standard InChI is InChI=1S/C15H19NO/c1-10-6-7-11(16-9-10)8-14(17)15-12-4-2-3-5-13(12)15/h6-7,9,12-13,15H,2-5,8H2,1H3. The van der Waals surface area contributed by atoms with E-state index in [9.17, 15) is 4.79 Å². The van der Waals surface area contributed by atoms with Crippen molar-refractivity contribution < 1.29 is 4.79 Å². The van der Waals surface area contributed by atoms with Gasteiger partial charge < -0.3 is 0 Å². The lowest BCUT2D eigenvalue weighted by atomic mass is 10.0. The molecule has 2 fully saturated rings. The second kappa shape index (κ2) is 4.25. The van der Waals surface area contributed by atoms with Crippen molar-refractivity contribution in [3.05, 3.63) is 29.6 Å². The second-order valence-electron chi connectivity index (χ2n) is 5.61. The largest absolute Gasteiger partial charge is 0.299 e. The predicted octanol–water partition coefficient (Wildman–Crippen LogP) is 2.94. The van der Waals surface area contributed by atoms with E-state index in [-0.39, 0.29) is 0 Å². The molecule has 1 heterocycles. The first-order valence-corrected chi connectivity index (χ1v) is 6.70. The average Bonchev–Trinajstić information content (AvgIpc) is 3.06. The van der Waals surface area contributed by atoms with Crippen LogP contribution in [0.1, 0.15) is 36.9 Å². The van der Waals surface area contributed by atoms with E-state index in [1.165, 1.54) is 25.7 Å². The summed E-state index contributed by atoms with van der Waals surface area (Å²) in [5.74, 6) is 2.25. The van der Waals surface area contributed by atoms with Gasteiger partial charge in [-0.25, -0.2) is 0 Å². The highest BCUT2D eigenvalue weighted by molar-refractivity contribution is 5.86. The van der Waals surface area contributed by atoms with Gasteiger partial charge >= 0.3 is 0 Å². The van der Waals surface area contributed by atoms with E-state index in [0.29, 0.717) is 18.1 Å². The fourth-order valence-electron chi connectivity index (χ4n) is 3.37. The number of Topliss-reactive ketones (excluding diaryl/α,β-unsaturated/α-hetero) is 1. The highest BCUT2D eigenvalue weighted by Gasteiger charge is 2.53. The number of hydrogen-bond donors (Lipinski definition) is 0. The van der Waals surface area contributed by atoms with Gasteiger partial charge in [-0.15, -0.1) is 0 Å². The van der Waals surface area contributed by atoms with Gasteiger partial charge in [0, 0.05) is 24.2 Å². The predicted molar refractivity (Wildman–Crippen MR) is 66.6 cm³/mol. The minimum Gasteiger partial charge on any atom is -0.299 e. The van der Waals surface area contributed by atoms with Crippen molar-refractivity contribution in [2.45, 2.75) is 39.0 Å². The molecule has 2 nitrogen and oxygen atoms in total. The van der Waals surface area contributed by atoms with Crippen LogP contribution in [0.5, 0.6) is 0 Å². The molecule has 2 atom stereocenters. The van der Waals surface area contributed by atoms with Gasteiger partial charge in [0.05, 0.1) is 0 Å². The SMILES string of the molecule is Cc1ccc(CC(=O)C2C3CCCCC32)nc1. The van der Waals surface area contributed by atoms with Crippen molar-refractivity contribution in [1.29, 1.82) is 0 Å². The summed E-state index contributed by atoms with van der Waals surface area (Å²) in [4.78, 5) is 16.5. The number of nitrogens with zero attached hydrogens (tertiary/aromatic N) is 1. The highest BCUT2D eigenvalue weighted by atomic mass is 16.1. The van der Waals surface area contributed by atoms with Crippen molar-refractivity contribution >= 4 is 5.78 Å². The zero-order valence-corrected chi connectivity index (χ0v) is 10.4. The molecule has 0 spiro atoms. The fourth-order valence-corrected chi connectivity index (χ4v) is 3.37. The molecule has 0 aromatic carbocycles. The molecule has 0 radical (unpaired) electrons. The molecule has 2 aliphatic carbocycles. The maximum absolute atomic E-state index is 12.2. The Hall–Kier alpha value is -1.18. The number of pyridine rings is 1. The minimum absolute atomic E-state index is 0.376. The molecule has 3 rings (SSSR count). The van der Waals surface area contributed by atoms with Crippen LogP contribution in [0.4, 0.5) is 0 Å². The van der Waals surface area contributed by atoms with Gasteiger partial charge in [-0.3, -0.25) is 9.78 Å². The first-order chi connectivity index (χ1) is 8.25. The van der Waals surface area contributed by atoms with Crippen LogP contribution in [0.25, 0.3) is 0 Å². The highest BCUT2D eigenvalue weighted by Crippen LogP contribution is 2.55. The second-order valence-corrected chi connectivity index (χ2v) is 5.61. The van der Waals surface area contributed by atoms with E-state index in [4.69, 9.17) is 0 Å². The van der Waals surface area contributed by atoms with Gasteiger partial charge in [-0.1, -0.05) is 18.9 Å². The molecule has 2 unspecified atom stereocenters. The molecular formula is C15H19NO. The van der Waals surface area contributed by atoms with E-state index in [2.05, 4.69) is 4.98 Å². The molecule has 2 heteroatoms. The van der Waals surface area contributed by atoms with E-state index in [0.717, 1.165) is 23.1 Å². The first kappa shape index (κ1) is 10.9. The Labute approximate surface area is 102 Å². The monoisotopic (exact) mass is 229 g/mol. The van der Waals surface area contributed by atoms with Crippen molar-refractivity contribution in [2.24, 2.45) is 17.8 Å². The van der Waals surface area contributed by atoms with Crippen molar-refractivity contribution in [2.75, 3.05) is 0 Å². The number of hydrogen-bond acceptors (Lipinski definition) is 2. The summed E-state index contributed by atoms with van der Waals surface area (Å²) in [6.45, 7) is 2.02. The molecule has 0 N–H and O–H groups in total. The third-order valence-electron chi connectivity index (χ3n) is 4.36. The van der Waals surface area contributed by atoms with Crippen LogP contribution in [-0.4, -0.2) is 10.8 Å². The lowest BCUT2D eigenvalue weighted by Crippen LogP contribution is -2.08. The quantitative estimate of drug-likeness (QED) is 0.797. The zero-order valence-electron chi connectivity index (χ0n) is 10.4. The maximum atomic E-state index is 12.2. The molecule has 0 saturated heterocycles. The summed E-state index contributed by atoms with van der Waals surface area (Å²) < 4.78 is 0. The summed E-state index contributed by atoms with van der Waals surface area (Å²) >= 11 is 0. The number of carbonyl (C=O) groups is 1. The summed E-state index contributed by atoms with van der Waals surface area (Å²) in [5.41, 5.74) is 2.09. The zero-order chi connectivity index (χ0) is 11.8. The molecular weight excluding hydrogens is 210 g/mol. The summed E-state index contributed by atoms with van der Waals surface area (Å²) in [6.07, 6.45) is 7.60. The third-order valence-corrected chi connectivity index (χ3v) is 4.36. The smallest absolute Gasteiger partial charge is 0.142 e. The number of carbonyl (C=O) groups excluding carboxylic acids is 1. The molecule has 0 aliphatic heterocycles. The van der Waals surface area contributed by atoms with Gasteiger partial charge in [0.25, 0.3) is 0 Å². The van der Waals surface area contributed by atoms with Gasteiger partial charge in [-0.2, -0.15) is 0 Å². The number of rotatable bonds is 3. The lowest BCUT2D eigenvalue weighted by molar-refractivity contribution is -0.120.